The molecule has 0 radical (unpaired) electrons. The van der Waals surface area contributed by atoms with Gasteiger partial charge in [-0.25, -0.2) is 0 Å². The second-order valence-electron chi connectivity index (χ2n) is 6.02. The van der Waals surface area contributed by atoms with Crippen LogP contribution in [0.15, 0.2) is 54.1 Å². The molecule has 1 unspecified atom stereocenters. The average Bonchev–Trinajstić information content (AvgIpc) is 2.95. The summed E-state index contributed by atoms with van der Waals surface area (Å²) in [4.78, 5) is 0. The smallest absolute Gasteiger partial charge is 0.119 e. The van der Waals surface area contributed by atoms with Crippen LogP contribution in [0.5, 0.6) is 5.75 Å². The van der Waals surface area contributed by atoms with Crippen LogP contribution in [0.3, 0.4) is 0 Å². The molecule has 0 aliphatic heterocycles. The average molecular weight is 324 g/mol. The normalized spacial score (nSPS) is 14.6. The van der Waals surface area contributed by atoms with E-state index in [4.69, 9.17) is 20.9 Å². The molecular weight excluding hydrogens is 300 g/mol. The number of rotatable bonds is 7. The minimum Gasteiger partial charge on any atom is -0.493 e. The Hall–Kier alpha value is -2.30. The number of hydrogen-bond acceptors (Lipinski definition) is 4. The van der Waals surface area contributed by atoms with Gasteiger partial charge in [0, 0.05) is 31.4 Å². The van der Waals surface area contributed by atoms with Crippen molar-refractivity contribution < 1.29 is 9.47 Å². The summed E-state index contributed by atoms with van der Waals surface area (Å²) in [5, 5.41) is 0. The van der Waals surface area contributed by atoms with Crippen molar-refractivity contribution in [2.24, 2.45) is 11.5 Å². The Kier molecular flexibility index (Phi) is 5.18. The zero-order valence-corrected chi connectivity index (χ0v) is 14.0. The maximum absolute atomic E-state index is 6.50. The molecule has 0 heterocycles. The molecule has 126 valence electrons. The molecule has 0 bridgehead atoms. The fraction of sp³-hybridized carbons (Fsp3) is 0.300. The third-order valence-electron chi connectivity index (χ3n) is 4.39. The summed E-state index contributed by atoms with van der Waals surface area (Å²) in [6.07, 6.45) is 1.67. The molecule has 4 N–H and O–H groups in total. The number of hydrogen-bond donors (Lipinski definition) is 2. The van der Waals surface area contributed by atoms with Gasteiger partial charge in [0.15, 0.2) is 0 Å². The van der Waals surface area contributed by atoms with E-state index in [1.807, 2.05) is 36.4 Å². The third-order valence-corrected chi connectivity index (χ3v) is 4.39. The van der Waals surface area contributed by atoms with Crippen LogP contribution in [0.25, 0.3) is 5.70 Å². The number of methoxy groups -OCH3 is 1. The summed E-state index contributed by atoms with van der Waals surface area (Å²) in [5.74, 6) is 0.828. The van der Waals surface area contributed by atoms with Crippen LogP contribution in [0, 0.1) is 0 Å². The lowest BCUT2D eigenvalue weighted by atomic mass is 9.97. The fourth-order valence-corrected chi connectivity index (χ4v) is 3.08. The van der Waals surface area contributed by atoms with Crippen molar-refractivity contribution in [3.63, 3.8) is 0 Å². The number of ether oxygens (including phenoxy) is 2. The second-order valence-corrected chi connectivity index (χ2v) is 6.02. The van der Waals surface area contributed by atoms with E-state index in [0.29, 0.717) is 13.2 Å². The Morgan fingerprint density at radius 1 is 1.08 bits per heavy atom. The van der Waals surface area contributed by atoms with Crippen molar-refractivity contribution in [1.82, 2.24) is 0 Å². The highest BCUT2D eigenvalue weighted by Crippen LogP contribution is 2.36. The minimum atomic E-state index is -0.222. The van der Waals surface area contributed by atoms with Gasteiger partial charge in [0.05, 0.1) is 12.6 Å². The molecule has 1 aliphatic rings. The summed E-state index contributed by atoms with van der Waals surface area (Å²) in [5.41, 5.74) is 18.1. The molecule has 0 spiro atoms. The Morgan fingerprint density at radius 3 is 2.71 bits per heavy atom. The van der Waals surface area contributed by atoms with Gasteiger partial charge in [0.25, 0.3) is 0 Å². The van der Waals surface area contributed by atoms with E-state index in [2.05, 4.69) is 12.1 Å². The van der Waals surface area contributed by atoms with Crippen molar-refractivity contribution in [3.05, 3.63) is 70.8 Å². The van der Waals surface area contributed by atoms with Gasteiger partial charge in [0.2, 0.25) is 0 Å². The number of benzene rings is 2. The van der Waals surface area contributed by atoms with Gasteiger partial charge in [-0.1, -0.05) is 36.4 Å². The first kappa shape index (κ1) is 16.6. The zero-order chi connectivity index (χ0) is 16.9. The summed E-state index contributed by atoms with van der Waals surface area (Å²) < 4.78 is 10.8. The van der Waals surface area contributed by atoms with Crippen molar-refractivity contribution >= 4 is 5.70 Å². The van der Waals surface area contributed by atoms with E-state index in [9.17, 15) is 0 Å². The predicted molar refractivity (Wildman–Crippen MR) is 96.6 cm³/mol. The number of nitrogens with two attached hydrogens (primary N) is 2. The van der Waals surface area contributed by atoms with Crippen LogP contribution >= 0.6 is 0 Å². The van der Waals surface area contributed by atoms with Crippen LogP contribution in [0.1, 0.15) is 29.2 Å². The summed E-state index contributed by atoms with van der Waals surface area (Å²) >= 11 is 0. The fourth-order valence-electron chi connectivity index (χ4n) is 3.08. The lowest BCUT2D eigenvalue weighted by molar-refractivity contribution is 0.172. The van der Waals surface area contributed by atoms with E-state index in [1.54, 1.807) is 7.11 Å². The quantitative estimate of drug-likeness (QED) is 0.768. The first-order valence-electron chi connectivity index (χ1n) is 8.24. The van der Waals surface area contributed by atoms with Crippen LogP contribution in [0.4, 0.5) is 0 Å². The van der Waals surface area contributed by atoms with E-state index in [0.717, 1.165) is 41.0 Å². The van der Waals surface area contributed by atoms with Crippen molar-refractivity contribution in [2.75, 3.05) is 20.3 Å². The van der Waals surface area contributed by atoms with Gasteiger partial charge in [-0.05, 0) is 35.3 Å². The second kappa shape index (κ2) is 7.51. The highest BCUT2D eigenvalue weighted by molar-refractivity contribution is 5.75. The molecule has 0 saturated heterocycles. The maximum atomic E-state index is 6.50. The molecule has 0 fully saturated rings. The highest BCUT2D eigenvalue weighted by Gasteiger charge is 2.24. The Labute approximate surface area is 143 Å². The molecule has 2 aromatic carbocycles. The van der Waals surface area contributed by atoms with Crippen LogP contribution in [-0.4, -0.2) is 20.3 Å². The van der Waals surface area contributed by atoms with Crippen LogP contribution < -0.4 is 16.2 Å². The van der Waals surface area contributed by atoms with Crippen molar-refractivity contribution in [2.45, 2.75) is 18.9 Å². The van der Waals surface area contributed by atoms with E-state index >= 15 is 0 Å². The first-order chi connectivity index (χ1) is 11.7. The van der Waals surface area contributed by atoms with E-state index < -0.39 is 0 Å². The molecule has 0 saturated carbocycles. The predicted octanol–water partition coefficient (Wildman–Crippen LogP) is 3.03. The topological polar surface area (TPSA) is 70.5 Å². The van der Waals surface area contributed by atoms with E-state index in [-0.39, 0.29) is 6.04 Å². The van der Waals surface area contributed by atoms with Gasteiger partial charge in [0.1, 0.15) is 5.75 Å². The molecular formula is C20H24N2O2. The summed E-state index contributed by atoms with van der Waals surface area (Å²) in [7, 11) is 1.69. The maximum Gasteiger partial charge on any atom is 0.119 e. The monoisotopic (exact) mass is 324 g/mol. The van der Waals surface area contributed by atoms with Gasteiger partial charge >= 0.3 is 0 Å². The van der Waals surface area contributed by atoms with Gasteiger partial charge in [-0.2, -0.15) is 0 Å². The van der Waals surface area contributed by atoms with E-state index in [1.165, 1.54) is 5.56 Å². The highest BCUT2D eigenvalue weighted by atomic mass is 16.5. The number of fused-ring (bicyclic) bond motifs is 1. The Bertz CT molecular complexity index is 740. The lowest BCUT2D eigenvalue weighted by Crippen LogP contribution is -2.16. The van der Waals surface area contributed by atoms with Gasteiger partial charge in [-0.3, -0.25) is 0 Å². The van der Waals surface area contributed by atoms with Crippen LogP contribution in [0.2, 0.25) is 0 Å². The zero-order valence-electron chi connectivity index (χ0n) is 14.0. The molecule has 1 atom stereocenters. The van der Waals surface area contributed by atoms with Crippen molar-refractivity contribution in [1.29, 1.82) is 0 Å². The molecule has 1 aliphatic carbocycles. The lowest BCUT2D eigenvalue weighted by Gasteiger charge is -2.16. The molecule has 2 aromatic rings. The molecule has 0 amide bonds. The molecule has 4 heteroatoms. The molecule has 4 nitrogen and oxygen atoms in total. The molecule has 24 heavy (non-hydrogen) atoms. The Morgan fingerprint density at radius 2 is 1.92 bits per heavy atom. The standard InChI is InChI=1S/C20H24N2O2/c1-23-10-5-11-24-16-8-4-7-15(12-16)19(21)18-13-14-6-2-3-9-17(14)20(18)22/h2-4,6-9,12,19H,5,10-11,13,21-22H2,1H3. The van der Waals surface area contributed by atoms with Gasteiger partial charge < -0.3 is 20.9 Å². The van der Waals surface area contributed by atoms with Gasteiger partial charge in [-0.15, -0.1) is 0 Å². The van der Waals surface area contributed by atoms with Crippen molar-refractivity contribution in [3.8, 4) is 5.75 Å². The SMILES string of the molecule is COCCCOc1cccc(C(N)C2=C(N)c3ccccc3C2)c1. The Balaban J connectivity index is 1.74. The molecule has 3 rings (SSSR count). The first-order valence-corrected chi connectivity index (χ1v) is 8.24. The minimum absolute atomic E-state index is 0.222. The third kappa shape index (κ3) is 3.45. The summed E-state index contributed by atoms with van der Waals surface area (Å²) in [6, 6.07) is 15.9. The summed E-state index contributed by atoms with van der Waals surface area (Å²) in [6.45, 7) is 1.32. The van der Waals surface area contributed by atoms with Crippen LogP contribution in [-0.2, 0) is 11.2 Å². The molecule has 0 aromatic heterocycles. The largest absolute Gasteiger partial charge is 0.493 e.